The van der Waals surface area contributed by atoms with Crippen LogP contribution in [-0.2, 0) is 15.3 Å². The number of methoxy groups -OCH3 is 2. The standard InChI is InChI=1S/C19H24N4O5S/c1-27-14-7-12-13(8-15(14)28-2)21-16(22-19(12)26)9-29-10-17(24)23-5-3-11(4-6-23)18(20)25/h7-8,11H,3-6,9-10H2,1-2H3,(H2,20,25)(H,21,22,26). The smallest absolute Gasteiger partial charge is 0.258 e. The van der Waals surface area contributed by atoms with Crippen LogP contribution in [0.5, 0.6) is 11.5 Å². The number of aromatic amines is 1. The molecule has 3 N–H and O–H groups in total. The van der Waals surface area contributed by atoms with Crippen molar-refractivity contribution in [1.82, 2.24) is 14.9 Å². The van der Waals surface area contributed by atoms with Crippen molar-refractivity contribution in [3.05, 3.63) is 28.3 Å². The molecule has 2 aromatic rings. The lowest BCUT2D eigenvalue weighted by molar-refractivity contribution is -0.132. The average Bonchev–Trinajstić information content (AvgIpc) is 2.72. The number of H-pyrrole nitrogens is 1. The lowest BCUT2D eigenvalue weighted by Crippen LogP contribution is -2.42. The van der Waals surface area contributed by atoms with E-state index in [0.717, 1.165) is 0 Å². The summed E-state index contributed by atoms with van der Waals surface area (Å²) in [5.74, 6) is 1.66. The maximum Gasteiger partial charge on any atom is 0.258 e. The normalized spacial score (nSPS) is 14.8. The average molecular weight is 420 g/mol. The SMILES string of the molecule is COc1cc2nc(CSCC(=O)N3CCC(C(N)=O)CC3)[nH]c(=O)c2cc1OC. The van der Waals surface area contributed by atoms with Crippen LogP contribution in [-0.4, -0.2) is 59.7 Å². The van der Waals surface area contributed by atoms with Crippen LogP contribution in [0.15, 0.2) is 16.9 Å². The summed E-state index contributed by atoms with van der Waals surface area (Å²) in [6.45, 7) is 1.08. The number of fused-ring (bicyclic) bond motifs is 1. The van der Waals surface area contributed by atoms with Gasteiger partial charge in [0, 0.05) is 25.1 Å². The van der Waals surface area contributed by atoms with Crippen LogP contribution >= 0.6 is 11.8 Å². The van der Waals surface area contributed by atoms with E-state index in [2.05, 4.69) is 9.97 Å². The summed E-state index contributed by atoms with van der Waals surface area (Å²) in [7, 11) is 3.02. The molecule has 0 spiro atoms. The van der Waals surface area contributed by atoms with Gasteiger partial charge in [-0.15, -0.1) is 11.8 Å². The molecule has 0 radical (unpaired) electrons. The lowest BCUT2D eigenvalue weighted by Gasteiger charge is -2.30. The summed E-state index contributed by atoms with van der Waals surface area (Å²) >= 11 is 1.38. The van der Waals surface area contributed by atoms with Crippen molar-refractivity contribution in [2.45, 2.75) is 18.6 Å². The molecule has 0 aliphatic carbocycles. The molecule has 1 fully saturated rings. The largest absolute Gasteiger partial charge is 0.493 e. The number of hydrogen-bond donors (Lipinski definition) is 2. The number of ether oxygens (including phenoxy) is 2. The molecule has 2 heterocycles. The maximum absolute atomic E-state index is 12.4. The number of primary amides is 1. The van der Waals surface area contributed by atoms with Gasteiger partial charge in [0.2, 0.25) is 11.8 Å². The molecule has 1 aromatic carbocycles. The number of thioether (sulfide) groups is 1. The molecule has 0 saturated carbocycles. The molecule has 1 aromatic heterocycles. The molecule has 0 bridgehead atoms. The van der Waals surface area contributed by atoms with Crippen LogP contribution in [0, 0.1) is 5.92 Å². The first-order chi connectivity index (χ1) is 13.9. The number of benzene rings is 1. The minimum Gasteiger partial charge on any atom is -0.493 e. The van der Waals surface area contributed by atoms with Crippen LogP contribution in [0.4, 0.5) is 0 Å². The van der Waals surface area contributed by atoms with E-state index in [0.29, 0.717) is 59.9 Å². The molecule has 0 atom stereocenters. The van der Waals surface area contributed by atoms with Gasteiger partial charge in [0.25, 0.3) is 5.56 Å². The monoisotopic (exact) mass is 420 g/mol. The van der Waals surface area contributed by atoms with Crippen molar-refractivity contribution in [3.63, 3.8) is 0 Å². The minimum absolute atomic E-state index is 0.00691. The van der Waals surface area contributed by atoms with Crippen molar-refractivity contribution in [3.8, 4) is 11.5 Å². The highest BCUT2D eigenvalue weighted by Gasteiger charge is 2.25. The molecular formula is C19H24N4O5S. The van der Waals surface area contributed by atoms with Gasteiger partial charge < -0.3 is 25.1 Å². The quantitative estimate of drug-likeness (QED) is 0.681. The third-order valence-corrected chi connectivity index (χ3v) is 5.90. The van der Waals surface area contributed by atoms with E-state index in [1.54, 1.807) is 17.0 Å². The van der Waals surface area contributed by atoms with Gasteiger partial charge in [0.15, 0.2) is 11.5 Å². The molecule has 3 rings (SSSR count). The van der Waals surface area contributed by atoms with Crippen LogP contribution in [0.3, 0.4) is 0 Å². The van der Waals surface area contributed by atoms with E-state index in [-0.39, 0.29) is 29.0 Å². The molecule has 156 valence electrons. The number of nitrogens with two attached hydrogens (primary N) is 1. The minimum atomic E-state index is -0.299. The number of carbonyl (C=O) groups excluding carboxylic acids is 2. The number of nitrogens with one attached hydrogen (secondary N) is 1. The van der Waals surface area contributed by atoms with Crippen LogP contribution in [0.25, 0.3) is 10.9 Å². The number of amides is 2. The van der Waals surface area contributed by atoms with Crippen molar-refractivity contribution >= 4 is 34.5 Å². The van der Waals surface area contributed by atoms with E-state index in [1.165, 1.54) is 26.0 Å². The number of carbonyl (C=O) groups is 2. The van der Waals surface area contributed by atoms with Crippen LogP contribution in [0.2, 0.25) is 0 Å². The van der Waals surface area contributed by atoms with Crippen molar-refractivity contribution in [2.24, 2.45) is 11.7 Å². The number of hydrogen-bond acceptors (Lipinski definition) is 7. The zero-order chi connectivity index (χ0) is 21.0. The second-order valence-corrected chi connectivity index (χ2v) is 7.77. The second kappa shape index (κ2) is 9.17. The summed E-state index contributed by atoms with van der Waals surface area (Å²) in [4.78, 5) is 44.9. The summed E-state index contributed by atoms with van der Waals surface area (Å²) in [5, 5.41) is 0.407. The summed E-state index contributed by atoms with van der Waals surface area (Å²) in [6.07, 6.45) is 1.22. The van der Waals surface area contributed by atoms with Crippen molar-refractivity contribution < 1.29 is 19.1 Å². The molecule has 9 nitrogen and oxygen atoms in total. The van der Waals surface area contributed by atoms with Crippen molar-refractivity contribution in [1.29, 1.82) is 0 Å². The second-order valence-electron chi connectivity index (χ2n) is 6.79. The fourth-order valence-corrected chi connectivity index (χ4v) is 4.11. The van der Waals surface area contributed by atoms with Gasteiger partial charge in [-0.05, 0) is 18.9 Å². The number of nitrogens with zero attached hydrogens (tertiary/aromatic N) is 2. The predicted molar refractivity (Wildman–Crippen MR) is 110 cm³/mol. The van der Waals surface area contributed by atoms with E-state index in [1.807, 2.05) is 0 Å². The Morgan fingerprint density at radius 1 is 1.24 bits per heavy atom. The lowest BCUT2D eigenvalue weighted by atomic mass is 9.96. The molecule has 29 heavy (non-hydrogen) atoms. The van der Waals surface area contributed by atoms with E-state index < -0.39 is 0 Å². The first-order valence-electron chi connectivity index (χ1n) is 9.22. The predicted octanol–water partition coefficient (Wildman–Crippen LogP) is 0.897. The number of likely N-dealkylation sites (tertiary alicyclic amines) is 1. The molecule has 1 aliphatic heterocycles. The van der Waals surface area contributed by atoms with Gasteiger partial charge >= 0.3 is 0 Å². The summed E-state index contributed by atoms with van der Waals surface area (Å²) in [5.41, 5.74) is 5.55. The first kappa shape index (κ1) is 21.0. The Hall–Kier alpha value is -2.75. The number of aromatic nitrogens is 2. The van der Waals surface area contributed by atoms with Gasteiger partial charge in [0.1, 0.15) is 5.82 Å². The van der Waals surface area contributed by atoms with Crippen LogP contribution in [0.1, 0.15) is 18.7 Å². The molecule has 10 heteroatoms. The Labute approximate surface area is 171 Å². The molecular weight excluding hydrogens is 396 g/mol. The Morgan fingerprint density at radius 3 is 2.52 bits per heavy atom. The maximum atomic E-state index is 12.4. The molecule has 0 unspecified atom stereocenters. The topological polar surface area (TPSA) is 128 Å². The van der Waals surface area contributed by atoms with Crippen LogP contribution < -0.4 is 20.8 Å². The van der Waals surface area contributed by atoms with E-state index >= 15 is 0 Å². The van der Waals surface area contributed by atoms with E-state index in [4.69, 9.17) is 15.2 Å². The van der Waals surface area contributed by atoms with E-state index in [9.17, 15) is 14.4 Å². The Morgan fingerprint density at radius 2 is 1.90 bits per heavy atom. The Bertz CT molecular complexity index is 969. The van der Waals surface area contributed by atoms with Gasteiger partial charge in [0.05, 0.1) is 36.6 Å². The van der Waals surface area contributed by atoms with Gasteiger partial charge in [-0.25, -0.2) is 4.98 Å². The highest BCUT2D eigenvalue weighted by atomic mass is 32.2. The first-order valence-corrected chi connectivity index (χ1v) is 10.4. The molecule has 1 saturated heterocycles. The van der Waals surface area contributed by atoms with Gasteiger partial charge in [-0.1, -0.05) is 0 Å². The van der Waals surface area contributed by atoms with Crippen molar-refractivity contribution in [2.75, 3.05) is 33.1 Å². The fourth-order valence-electron chi connectivity index (χ4n) is 3.32. The fraction of sp³-hybridized carbons (Fsp3) is 0.474. The van der Waals surface area contributed by atoms with Gasteiger partial charge in [-0.2, -0.15) is 0 Å². The molecule has 2 amide bonds. The summed E-state index contributed by atoms with van der Waals surface area (Å²) < 4.78 is 10.5. The van der Waals surface area contributed by atoms with Gasteiger partial charge in [-0.3, -0.25) is 14.4 Å². The Balaban J connectivity index is 1.61. The third kappa shape index (κ3) is 4.81. The third-order valence-electron chi connectivity index (χ3n) is 4.97. The Kier molecular flexibility index (Phi) is 6.63. The molecule has 1 aliphatic rings. The number of rotatable bonds is 7. The zero-order valence-electron chi connectivity index (χ0n) is 16.4. The summed E-state index contributed by atoms with van der Waals surface area (Å²) in [6, 6.07) is 3.25. The number of piperidine rings is 1. The zero-order valence-corrected chi connectivity index (χ0v) is 17.2. The highest BCUT2D eigenvalue weighted by molar-refractivity contribution is 7.99. The highest BCUT2D eigenvalue weighted by Crippen LogP contribution is 2.30.